The number of nitrogens with zero attached hydrogens (tertiary/aromatic N) is 3. The molecule has 0 amide bonds. The van der Waals surface area contributed by atoms with E-state index in [1.54, 1.807) is 30.3 Å². The Bertz CT molecular complexity index is 741. The van der Waals surface area contributed by atoms with E-state index in [-0.39, 0.29) is 12.4 Å². The fraction of sp³-hybridized carbons (Fsp3) is 0.474. The minimum atomic E-state index is -0.898. The highest BCUT2D eigenvalue weighted by atomic mass is 19.1. The van der Waals surface area contributed by atoms with E-state index in [0.717, 1.165) is 18.5 Å². The molecular weight excluding hydrogens is 337 g/mol. The van der Waals surface area contributed by atoms with Crippen molar-refractivity contribution in [3.63, 3.8) is 0 Å². The quantitative estimate of drug-likeness (QED) is 0.675. The molecule has 1 unspecified atom stereocenters. The van der Waals surface area contributed by atoms with Crippen LogP contribution in [-0.2, 0) is 4.79 Å². The Labute approximate surface area is 152 Å². The summed E-state index contributed by atoms with van der Waals surface area (Å²) in [5.41, 5.74) is 1.21. The van der Waals surface area contributed by atoms with Crippen molar-refractivity contribution in [2.24, 2.45) is 0 Å². The monoisotopic (exact) mass is 363 g/mol. The summed E-state index contributed by atoms with van der Waals surface area (Å²) in [5, 5.41) is 19.4. The summed E-state index contributed by atoms with van der Waals surface area (Å²) in [4.78, 5) is 19.8. The van der Waals surface area contributed by atoms with Crippen molar-refractivity contribution in [2.75, 3.05) is 38.2 Å². The van der Waals surface area contributed by atoms with Gasteiger partial charge >= 0.3 is 5.97 Å². The minimum Gasteiger partial charge on any atom is -0.480 e. The molecule has 142 valence electrons. The lowest BCUT2D eigenvalue weighted by atomic mass is 10.1. The van der Waals surface area contributed by atoms with E-state index < -0.39 is 12.0 Å². The van der Waals surface area contributed by atoms with Crippen LogP contribution in [0.25, 0.3) is 10.9 Å². The number of benzene rings is 1. The van der Waals surface area contributed by atoms with Crippen LogP contribution in [0.1, 0.15) is 19.8 Å². The van der Waals surface area contributed by atoms with Crippen molar-refractivity contribution >= 4 is 22.6 Å². The number of carboxylic acids is 1. The van der Waals surface area contributed by atoms with Crippen molar-refractivity contribution in [2.45, 2.75) is 25.8 Å². The highest BCUT2D eigenvalue weighted by Crippen LogP contribution is 2.27. The van der Waals surface area contributed by atoms with Crippen LogP contribution in [0.5, 0.6) is 0 Å². The molecule has 0 fully saturated rings. The Morgan fingerprint density at radius 3 is 2.73 bits per heavy atom. The summed E-state index contributed by atoms with van der Waals surface area (Å²) < 4.78 is 13.4. The summed E-state index contributed by atoms with van der Waals surface area (Å²) in [6, 6.07) is 5.38. The SMILES string of the molecule is CCN(CCO)CCCC(C(=O)O)N(C)c1ccnc2cc(F)ccc12. The van der Waals surface area contributed by atoms with Gasteiger partial charge in [-0.25, -0.2) is 9.18 Å². The van der Waals surface area contributed by atoms with Crippen molar-refractivity contribution in [3.8, 4) is 0 Å². The zero-order valence-electron chi connectivity index (χ0n) is 15.2. The molecule has 0 saturated carbocycles. The van der Waals surface area contributed by atoms with Crippen LogP contribution < -0.4 is 4.90 Å². The molecule has 26 heavy (non-hydrogen) atoms. The van der Waals surface area contributed by atoms with E-state index >= 15 is 0 Å². The Hall–Kier alpha value is -2.25. The number of rotatable bonds is 10. The highest BCUT2D eigenvalue weighted by Gasteiger charge is 2.24. The summed E-state index contributed by atoms with van der Waals surface area (Å²) in [6.07, 6.45) is 2.73. The van der Waals surface area contributed by atoms with Gasteiger partial charge in [-0.3, -0.25) is 4.98 Å². The van der Waals surface area contributed by atoms with Gasteiger partial charge in [0, 0.05) is 36.9 Å². The van der Waals surface area contributed by atoms with Gasteiger partial charge in [0.25, 0.3) is 0 Å². The number of anilines is 1. The van der Waals surface area contributed by atoms with E-state index in [9.17, 15) is 14.3 Å². The maximum absolute atomic E-state index is 13.4. The zero-order valence-corrected chi connectivity index (χ0v) is 15.2. The van der Waals surface area contributed by atoms with Gasteiger partial charge in [0.15, 0.2) is 0 Å². The number of pyridine rings is 1. The van der Waals surface area contributed by atoms with Gasteiger partial charge in [0.1, 0.15) is 11.9 Å². The summed E-state index contributed by atoms with van der Waals surface area (Å²) in [6.45, 7) is 4.24. The average molecular weight is 363 g/mol. The third-order valence-electron chi connectivity index (χ3n) is 4.63. The molecule has 1 aromatic carbocycles. The van der Waals surface area contributed by atoms with E-state index in [1.807, 2.05) is 6.92 Å². The van der Waals surface area contributed by atoms with Crippen molar-refractivity contribution in [1.82, 2.24) is 9.88 Å². The number of carbonyl (C=O) groups is 1. The number of hydrogen-bond donors (Lipinski definition) is 2. The Morgan fingerprint density at radius 2 is 2.08 bits per heavy atom. The van der Waals surface area contributed by atoms with Gasteiger partial charge < -0.3 is 20.0 Å². The molecule has 2 N–H and O–H groups in total. The first-order chi connectivity index (χ1) is 12.5. The highest BCUT2D eigenvalue weighted by molar-refractivity contribution is 5.93. The van der Waals surface area contributed by atoms with Crippen LogP contribution in [-0.4, -0.2) is 65.4 Å². The van der Waals surface area contributed by atoms with Crippen LogP contribution >= 0.6 is 0 Å². The normalized spacial score (nSPS) is 12.5. The first-order valence-corrected chi connectivity index (χ1v) is 8.81. The molecule has 2 rings (SSSR count). The second-order valence-corrected chi connectivity index (χ2v) is 6.26. The molecule has 2 aromatic rings. The topological polar surface area (TPSA) is 76.9 Å². The van der Waals surface area contributed by atoms with Crippen LogP contribution in [0.2, 0.25) is 0 Å². The molecule has 0 aliphatic carbocycles. The second-order valence-electron chi connectivity index (χ2n) is 6.26. The number of aliphatic hydroxyl groups is 1. The summed E-state index contributed by atoms with van der Waals surface area (Å²) >= 11 is 0. The number of hydrogen-bond acceptors (Lipinski definition) is 5. The van der Waals surface area contributed by atoms with Crippen molar-refractivity contribution < 1.29 is 19.4 Å². The lowest BCUT2D eigenvalue weighted by Crippen LogP contribution is -2.39. The number of aromatic nitrogens is 1. The fourth-order valence-corrected chi connectivity index (χ4v) is 3.14. The molecule has 7 heteroatoms. The molecule has 0 saturated heterocycles. The van der Waals surface area contributed by atoms with Crippen molar-refractivity contribution in [1.29, 1.82) is 0 Å². The first kappa shape index (κ1) is 20.1. The second kappa shape index (κ2) is 9.45. The molecule has 0 spiro atoms. The number of likely N-dealkylation sites (N-methyl/N-ethyl adjacent to an activating group) is 2. The number of aliphatic hydroxyl groups excluding tert-OH is 1. The van der Waals surface area contributed by atoms with Gasteiger partial charge in [0.2, 0.25) is 0 Å². The largest absolute Gasteiger partial charge is 0.480 e. The first-order valence-electron chi connectivity index (χ1n) is 8.81. The number of fused-ring (bicyclic) bond motifs is 1. The van der Waals surface area contributed by atoms with E-state index in [1.165, 1.54) is 12.1 Å². The lowest BCUT2D eigenvalue weighted by Gasteiger charge is -2.28. The van der Waals surface area contributed by atoms with Gasteiger partial charge in [-0.2, -0.15) is 0 Å². The Kier molecular flexibility index (Phi) is 7.29. The van der Waals surface area contributed by atoms with Crippen LogP contribution in [0.15, 0.2) is 30.5 Å². The molecule has 0 bridgehead atoms. The predicted octanol–water partition coefficient (Wildman–Crippen LogP) is 2.36. The smallest absolute Gasteiger partial charge is 0.326 e. The van der Waals surface area contributed by atoms with Gasteiger partial charge in [-0.05, 0) is 44.1 Å². The zero-order chi connectivity index (χ0) is 19.1. The third-order valence-corrected chi connectivity index (χ3v) is 4.63. The predicted molar refractivity (Wildman–Crippen MR) is 100.0 cm³/mol. The molecule has 1 heterocycles. The molecule has 0 aliphatic heterocycles. The van der Waals surface area contributed by atoms with Crippen molar-refractivity contribution in [3.05, 3.63) is 36.3 Å². The average Bonchev–Trinajstić information content (AvgIpc) is 2.62. The van der Waals surface area contributed by atoms with Gasteiger partial charge in [-0.1, -0.05) is 6.92 Å². The number of aliphatic carboxylic acids is 1. The standard InChI is InChI=1S/C19H26FN3O3/c1-3-23(11-12-24)10-4-5-18(19(25)26)22(2)17-8-9-21-16-13-14(20)6-7-15(16)17/h6-9,13,18,24H,3-5,10-12H2,1-2H3,(H,25,26). The Morgan fingerprint density at radius 1 is 1.31 bits per heavy atom. The van der Waals surface area contributed by atoms with E-state index in [4.69, 9.17) is 5.11 Å². The molecule has 0 radical (unpaired) electrons. The lowest BCUT2D eigenvalue weighted by molar-refractivity contribution is -0.138. The fourth-order valence-electron chi connectivity index (χ4n) is 3.14. The van der Waals surface area contributed by atoms with E-state index in [2.05, 4.69) is 9.88 Å². The molecule has 0 aliphatic rings. The molecular formula is C19H26FN3O3. The van der Waals surface area contributed by atoms with Crippen LogP contribution in [0.3, 0.4) is 0 Å². The molecule has 1 atom stereocenters. The van der Waals surface area contributed by atoms with E-state index in [0.29, 0.717) is 30.6 Å². The van der Waals surface area contributed by atoms with Gasteiger partial charge in [-0.15, -0.1) is 0 Å². The maximum Gasteiger partial charge on any atom is 0.326 e. The summed E-state index contributed by atoms with van der Waals surface area (Å²) in [5.74, 6) is -1.27. The third kappa shape index (κ3) is 4.89. The number of halogens is 1. The maximum atomic E-state index is 13.4. The summed E-state index contributed by atoms with van der Waals surface area (Å²) in [7, 11) is 1.74. The van der Waals surface area contributed by atoms with Gasteiger partial charge in [0.05, 0.1) is 12.1 Å². The minimum absolute atomic E-state index is 0.0929. The Balaban J connectivity index is 2.16. The van der Waals surface area contributed by atoms with Crippen LogP contribution in [0, 0.1) is 5.82 Å². The van der Waals surface area contributed by atoms with Crippen LogP contribution in [0.4, 0.5) is 10.1 Å². The number of carboxylic acid groups (broad SMARTS) is 1. The molecule has 1 aromatic heterocycles. The molecule has 6 nitrogen and oxygen atoms in total.